The predicted molar refractivity (Wildman–Crippen MR) is 64.7 cm³/mol. The minimum Gasteiger partial charge on any atom is -0.161 e. The Morgan fingerprint density at radius 2 is 1.07 bits per heavy atom. The van der Waals surface area contributed by atoms with Crippen molar-refractivity contribution < 1.29 is 13.2 Å². The molecule has 0 aromatic heterocycles. The van der Waals surface area contributed by atoms with Crippen LogP contribution in [0.2, 0.25) is 16.6 Å². The third kappa shape index (κ3) is 3.70. The largest absolute Gasteiger partial charge is 0.436 e. The van der Waals surface area contributed by atoms with Crippen molar-refractivity contribution in [2.75, 3.05) is 0 Å². The molecule has 0 radical (unpaired) electrons. The number of rotatable bonds is 4. The van der Waals surface area contributed by atoms with E-state index >= 15 is 0 Å². The maximum atomic E-state index is 12.6. The van der Waals surface area contributed by atoms with Crippen LogP contribution in [-0.2, 0) is 0 Å². The van der Waals surface area contributed by atoms with E-state index in [0.717, 1.165) is 0 Å². The normalized spacial score (nSPS) is 14.4. The summed E-state index contributed by atoms with van der Waals surface area (Å²) in [7, 11) is -2.37. The van der Waals surface area contributed by atoms with Crippen molar-refractivity contribution in [2.24, 2.45) is 0 Å². The molecule has 0 N–H and O–H groups in total. The monoisotopic (exact) mass is 258 g/mol. The summed E-state index contributed by atoms with van der Waals surface area (Å²) < 4.78 is 37.9. The molecule has 0 atom stereocenters. The number of hydrogen-bond acceptors (Lipinski definition) is 1. The lowest BCUT2D eigenvalue weighted by molar-refractivity contribution is -0.0316. The zero-order valence-electron chi connectivity index (χ0n) is 10.3. The maximum absolute atomic E-state index is 12.6. The smallest absolute Gasteiger partial charge is 0.161 e. The van der Waals surface area contributed by atoms with Crippen molar-refractivity contribution >= 4 is 18.4 Å². The van der Waals surface area contributed by atoms with E-state index in [2.05, 4.69) is 0 Å². The van der Waals surface area contributed by atoms with E-state index in [1.807, 2.05) is 41.5 Å². The highest BCUT2D eigenvalue weighted by Gasteiger charge is 2.51. The molecule has 0 fully saturated rings. The van der Waals surface area contributed by atoms with Gasteiger partial charge >= 0.3 is 5.51 Å². The molecule has 15 heavy (non-hydrogen) atoms. The fourth-order valence-corrected chi connectivity index (χ4v) is 11.0. The van der Waals surface area contributed by atoms with Gasteiger partial charge in [0.05, 0.1) is 0 Å². The standard InChI is InChI=1S/C10H21F3SSi/c1-7(2)15(8(3)4,9(5)6)14-10(11,12)13/h7-9H,1-6H3. The molecule has 0 aliphatic heterocycles. The summed E-state index contributed by atoms with van der Waals surface area (Å²) in [6.07, 6.45) is 0. The molecule has 0 saturated heterocycles. The highest BCUT2D eigenvalue weighted by molar-refractivity contribution is 8.29. The minimum atomic E-state index is -4.09. The molecule has 0 aromatic carbocycles. The second-order valence-electron chi connectivity index (χ2n) is 4.87. The summed E-state index contributed by atoms with van der Waals surface area (Å²) in [5.41, 5.74) is -3.66. The van der Waals surface area contributed by atoms with Crippen LogP contribution >= 0.6 is 11.2 Å². The summed E-state index contributed by atoms with van der Waals surface area (Å²) >= 11 is 0.312. The Morgan fingerprint density at radius 3 is 1.13 bits per heavy atom. The first-order valence-electron chi connectivity index (χ1n) is 5.31. The average Bonchev–Trinajstić information content (AvgIpc) is 1.96. The first kappa shape index (κ1) is 15.4. The van der Waals surface area contributed by atoms with E-state index in [9.17, 15) is 13.2 Å². The van der Waals surface area contributed by atoms with Gasteiger partial charge in [0.2, 0.25) is 0 Å². The van der Waals surface area contributed by atoms with E-state index < -0.39 is 12.7 Å². The minimum absolute atomic E-state index is 0.143. The Morgan fingerprint density at radius 1 is 0.800 bits per heavy atom. The van der Waals surface area contributed by atoms with Crippen LogP contribution in [0.5, 0.6) is 0 Å². The molecule has 0 amide bonds. The van der Waals surface area contributed by atoms with Crippen LogP contribution in [0.3, 0.4) is 0 Å². The lowest BCUT2D eigenvalue weighted by atomic mass is 10.5. The molecule has 0 aromatic rings. The first-order valence-corrected chi connectivity index (χ1v) is 9.08. The van der Waals surface area contributed by atoms with Crippen molar-refractivity contribution in [1.29, 1.82) is 0 Å². The van der Waals surface area contributed by atoms with Crippen molar-refractivity contribution in [3.8, 4) is 0 Å². The highest BCUT2D eigenvalue weighted by Crippen LogP contribution is 2.54. The Hall–Kier alpha value is 0.357. The lowest BCUT2D eigenvalue weighted by Crippen LogP contribution is -2.43. The molecule has 0 heterocycles. The first-order chi connectivity index (χ1) is 6.54. The summed E-state index contributed by atoms with van der Waals surface area (Å²) in [6.45, 7) is 11.6. The molecule has 0 nitrogen and oxygen atoms in total. The fourth-order valence-electron chi connectivity index (χ4n) is 2.55. The topological polar surface area (TPSA) is 0 Å². The maximum Gasteiger partial charge on any atom is 0.436 e. The van der Waals surface area contributed by atoms with Crippen LogP contribution in [0, 0.1) is 0 Å². The number of alkyl halides is 3. The van der Waals surface area contributed by atoms with Crippen molar-refractivity contribution in [3.05, 3.63) is 0 Å². The van der Waals surface area contributed by atoms with E-state index in [0.29, 0.717) is 11.2 Å². The highest BCUT2D eigenvalue weighted by atomic mass is 32.4. The Kier molecular flexibility index (Phi) is 5.25. The van der Waals surface area contributed by atoms with Crippen LogP contribution in [0.25, 0.3) is 0 Å². The van der Waals surface area contributed by atoms with Gasteiger partial charge in [0.15, 0.2) is 0 Å². The fraction of sp³-hybridized carbons (Fsp3) is 1.00. The van der Waals surface area contributed by atoms with Gasteiger partial charge in [-0.25, -0.2) is 0 Å². The summed E-state index contributed by atoms with van der Waals surface area (Å²) in [5, 5.41) is 0. The van der Waals surface area contributed by atoms with Gasteiger partial charge in [-0.15, -0.1) is 0 Å². The molecular weight excluding hydrogens is 237 g/mol. The van der Waals surface area contributed by atoms with E-state index in [1.165, 1.54) is 0 Å². The molecule has 0 aliphatic rings. The molecule has 0 aliphatic carbocycles. The zero-order valence-corrected chi connectivity index (χ0v) is 12.1. The molecular formula is C10H21F3SSi. The number of halogens is 3. The van der Waals surface area contributed by atoms with Gasteiger partial charge in [0.25, 0.3) is 0 Å². The third-order valence-corrected chi connectivity index (χ3v) is 15.0. The van der Waals surface area contributed by atoms with Crippen molar-refractivity contribution in [2.45, 2.75) is 63.7 Å². The van der Waals surface area contributed by atoms with Gasteiger partial charge in [-0.2, -0.15) is 13.2 Å². The molecule has 0 bridgehead atoms. The predicted octanol–water partition coefficient (Wildman–Crippen LogP) is 5.41. The average molecular weight is 258 g/mol. The quantitative estimate of drug-likeness (QED) is 0.607. The van der Waals surface area contributed by atoms with Crippen LogP contribution in [0.4, 0.5) is 13.2 Å². The molecule has 0 spiro atoms. The molecule has 92 valence electrons. The summed E-state index contributed by atoms with van der Waals surface area (Å²) in [4.78, 5) is 0. The van der Waals surface area contributed by atoms with Crippen LogP contribution < -0.4 is 0 Å². The van der Waals surface area contributed by atoms with Crippen LogP contribution in [0.1, 0.15) is 41.5 Å². The van der Waals surface area contributed by atoms with Gasteiger partial charge in [-0.1, -0.05) is 52.8 Å². The van der Waals surface area contributed by atoms with Gasteiger partial charge in [-0.3, -0.25) is 0 Å². The number of hydrogen-bond donors (Lipinski definition) is 0. The Labute approximate surface area is 95.7 Å². The molecule has 5 heteroatoms. The van der Waals surface area contributed by atoms with Crippen LogP contribution in [0.15, 0.2) is 0 Å². The molecule has 0 rings (SSSR count). The van der Waals surface area contributed by atoms with E-state index in [4.69, 9.17) is 0 Å². The van der Waals surface area contributed by atoms with Gasteiger partial charge in [-0.05, 0) is 16.6 Å². The van der Waals surface area contributed by atoms with Crippen molar-refractivity contribution in [3.63, 3.8) is 0 Å². The van der Waals surface area contributed by atoms with Crippen molar-refractivity contribution in [1.82, 2.24) is 0 Å². The van der Waals surface area contributed by atoms with E-state index in [1.54, 1.807) is 0 Å². The van der Waals surface area contributed by atoms with Gasteiger partial charge in [0.1, 0.15) is 7.22 Å². The van der Waals surface area contributed by atoms with Crippen LogP contribution in [-0.4, -0.2) is 12.7 Å². The van der Waals surface area contributed by atoms with E-state index in [-0.39, 0.29) is 16.6 Å². The zero-order chi connectivity index (χ0) is 12.4. The third-order valence-electron chi connectivity index (χ3n) is 3.00. The Bertz CT molecular complexity index is 178. The van der Waals surface area contributed by atoms with Gasteiger partial charge < -0.3 is 0 Å². The lowest BCUT2D eigenvalue weighted by Gasteiger charge is -2.42. The van der Waals surface area contributed by atoms with Gasteiger partial charge in [0, 0.05) is 0 Å². The molecule has 0 saturated carbocycles. The summed E-state index contributed by atoms with van der Waals surface area (Å²) in [5.74, 6) is 0. The Balaban J connectivity index is 5.15. The summed E-state index contributed by atoms with van der Waals surface area (Å²) in [6, 6.07) is 0. The molecule has 0 unspecified atom stereocenters. The SMILES string of the molecule is CC(C)[Si](SC(F)(F)F)(C(C)C)C(C)C. The second-order valence-corrected chi connectivity index (χ2v) is 13.4. The second kappa shape index (κ2) is 5.12.